The first kappa shape index (κ1) is 15.4. The van der Waals surface area contributed by atoms with Crippen LogP contribution in [0.15, 0.2) is 0 Å². The standard InChI is InChI=1S/C11H30N2Si2/c1-5-9(3,14)11(13,7-8-12)10(4,15)6-2/h5-8,12-13H2,1-4,14-15H3. The zero-order valence-electron chi connectivity index (χ0n) is 11.5. The molecule has 0 aliphatic rings. The second-order valence-electron chi connectivity index (χ2n) is 5.98. The minimum Gasteiger partial charge on any atom is -0.330 e. The molecule has 0 heterocycles. The SMILES string of the molecule is CCC(C)([SiH3])C(N)(CCN)C(C)([SiH3])CC. The first-order chi connectivity index (χ1) is 6.68. The highest BCUT2D eigenvalue weighted by atomic mass is 28.2. The van der Waals surface area contributed by atoms with Crippen LogP contribution >= 0.6 is 0 Å². The molecule has 0 spiro atoms. The fourth-order valence-electron chi connectivity index (χ4n) is 2.45. The minimum absolute atomic E-state index is 0.0588. The van der Waals surface area contributed by atoms with Crippen LogP contribution in [0.3, 0.4) is 0 Å². The first-order valence-electron chi connectivity index (χ1n) is 6.17. The molecule has 92 valence electrons. The van der Waals surface area contributed by atoms with Gasteiger partial charge in [0.15, 0.2) is 0 Å². The highest BCUT2D eigenvalue weighted by Gasteiger charge is 2.49. The molecule has 15 heavy (non-hydrogen) atoms. The van der Waals surface area contributed by atoms with Crippen LogP contribution < -0.4 is 11.5 Å². The molecule has 0 aromatic carbocycles. The summed E-state index contributed by atoms with van der Waals surface area (Å²) in [4.78, 5) is 0. The van der Waals surface area contributed by atoms with Crippen molar-refractivity contribution in [2.45, 2.75) is 62.6 Å². The van der Waals surface area contributed by atoms with Crippen molar-refractivity contribution in [3.8, 4) is 0 Å². The van der Waals surface area contributed by atoms with Crippen LogP contribution in [0.5, 0.6) is 0 Å². The molecule has 0 radical (unpaired) electrons. The quantitative estimate of drug-likeness (QED) is 0.645. The normalized spacial score (nSPS) is 24.4. The molecule has 4 N–H and O–H groups in total. The van der Waals surface area contributed by atoms with Crippen molar-refractivity contribution >= 4 is 20.5 Å². The predicted molar refractivity (Wildman–Crippen MR) is 77.8 cm³/mol. The Hall–Kier alpha value is 0.354. The summed E-state index contributed by atoms with van der Waals surface area (Å²) in [5.41, 5.74) is 12.5. The fraction of sp³-hybridized carbons (Fsp3) is 1.00. The maximum Gasteiger partial charge on any atom is 0.0208 e. The van der Waals surface area contributed by atoms with Gasteiger partial charge in [-0.15, -0.1) is 0 Å². The van der Waals surface area contributed by atoms with Gasteiger partial charge in [-0.05, 0) is 23.0 Å². The molecule has 0 fully saturated rings. The molecule has 0 saturated carbocycles. The van der Waals surface area contributed by atoms with Gasteiger partial charge >= 0.3 is 0 Å². The Balaban J connectivity index is 5.23. The molecule has 0 amide bonds. The van der Waals surface area contributed by atoms with Gasteiger partial charge in [0.2, 0.25) is 0 Å². The van der Waals surface area contributed by atoms with Gasteiger partial charge < -0.3 is 11.5 Å². The van der Waals surface area contributed by atoms with Gasteiger partial charge in [0, 0.05) is 26.0 Å². The molecule has 0 aliphatic heterocycles. The monoisotopic (exact) mass is 246 g/mol. The van der Waals surface area contributed by atoms with Crippen LogP contribution in [-0.4, -0.2) is 32.6 Å². The predicted octanol–water partition coefficient (Wildman–Crippen LogP) is -0.0593. The van der Waals surface area contributed by atoms with Crippen molar-refractivity contribution < 1.29 is 0 Å². The topological polar surface area (TPSA) is 52.0 Å². The molecular weight excluding hydrogens is 216 g/mol. The van der Waals surface area contributed by atoms with Crippen molar-refractivity contribution in [3.05, 3.63) is 0 Å². The molecule has 0 aromatic heterocycles. The van der Waals surface area contributed by atoms with E-state index >= 15 is 0 Å². The van der Waals surface area contributed by atoms with Crippen molar-refractivity contribution in [2.75, 3.05) is 6.54 Å². The van der Waals surface area contributed by atoms with Gasteiger partial charge in [0.05, 0.1) is 0 Å². The Morgan fingerprint density at radius 2 is 1.33 bits per heavy atom. The van der Waals surface area contributed by atoms with Gasteiger partial charge in [-0.3, -0.25) is 0 Å². The van der Waals surface area contributed by atoms with Crippen LogP contribution in [0.4, 0.5) is 0 Å². The summed E-state index contributed by atoms with van der Waals surface area (Å²) in [5.74, 6) is 0. The molecule has 0 saturated heterocycles. The Morgan fingerprint density at radius 1 is 1.00 bits per heavy atom. The van der Waals surface area contributed by atoms with Gasteiger partial charge in [0.25, 0.3) is 0 Å². The van der Waals surface area contributed by atoms with E-state index in [0.29, 0.717) is 16.6 Å². The van der Waals surface area contributed by atoms with Crippen molar-refractivity contribution in [2.24, 2.45) is 11.5 Å². The zero-order chi connectivity index (χ0) is 12.3. The van der Waals surface area contributed by atoms with Crippen LogP contribution in [0, 0.1) is 0 Å². The second-order valence-corrected chi connectivity index (χ2v) is 10.4. The molecule has 4 heteroatoms. The van der Waals surface area contributed by atoms with E-state index in [1.807, 2.05) is 0 Å². The van der Waals surface area contributed by atoms with Crippen LogP contribution in [0.1, 0.15) is 47.0 Å². The van der Waals surface area contributed by atoms with E-state index in [9.17, 15) is 0 Å². The smallest absolute Gasteiger partial charge is 0.0208 e. The Bertz CT molecular complexity index is 187. The maximum atomic E-state index is 6.77. The summed E-state index contributed by atoms with van der Waals surface area (Å²) in [6.07, 6.45) is 3.32. The van der Waals surface area contributed by atoms with Gasteiger partial charge in [-0.2, -0.15) is 0 Å². The van der Waals surface area contributed by atoms with E-state index in [2.05, 4.69) is 27.7 Å². The van der Waals surface area contributed by atoms with E-state index < -0.39 is 0 Å². The van der Waals surface area contributed by atoms with E-state index in [-0.39, 0.29) is 5.54 Å². The number of nitrogens with two attached hydrogens (primary N) is 2. The number of hydrogen-bond donors (Lipinski definition) is 2. The average Bonchev–Trinajstić information content (AvgIpc) is 2.17. The van der Waals surface area contributed by atoms with Crippen LogP contribution in [0.25, 0.3) is 0 Å². The van der Waals surface area contributed by atoms with Crippen LogP contribution in [0.2, 0.25) is 10.1 Å². The molecule has 0 bridgehead atoms. The summed E-state index contributed by atoms with van der Waals surface area (Å²) < 4.78 is 0. The van der Waals surface area contributed by atoms with Gasteiger partial charge in [-0.1, -0.05) is 40.5 Å². The summed E-state index contributed by atoms with van der Waals surface area (Å²) in [6, 6.07) is 0. The zero-order valence-corrected chi connectivity index (χ0v) is 15.5. The summed E-state index contributed by atoms with van der Waals surface area (Å²) in [6.45, 7) is 9.93. The molecule has 2 unspecified atom stereocenters. The lowest BCUT2D eigenvalue weighted by molar-refractivity contribution is 0.204. The average molecular weight is 247 g/mol. The van der Waals surface area contributed by atoms with E-state index in [0.717, 1.165) is 26.9 Å². The Kier molecular flexibility index (Phi) is 5.24. The summed E-state index contributed by atoms with van der Waals surface area (Å²) in [7, 11) is 2.30. The second kappa shape index (κ2) is 5.12. The minimum atomic E-state index is -0.0588. The highest BCUT2D eigenvalue weighted by Crippen LogP contribution is 2.53. The lowest BCUT2D eigenvalue weighted by Crippen LogP contribution is -2.59. The molecule has 2 atom stereocenters. The van der Waals surface area contributed by atoms with Gasteiger partial charge in [-0.25, -0.2) is 0 Å². The van der Waals surface area contributed by atoms with E-state index in [1.54, 1.807) is 0 Å². The number of rotatable bonds is 6. The van der Waals surface area contributed by atoms with Crippen molar-refractivity contribution in [3.63, 3.8) is 0 Å². The fourth-order valence-corrected chi connectivity index (χ4v) is 4.80. The lowest BCUT2D eigenvalue weighted by Gasteiger charge is -2.54. The molecular formula is C11H30N2Si2. The molecule has 0 aliphatic carbocycles. The largest absolute Gasteiger partial charge is 0.330 e. The maximum absolute atomic E-state index is 6.77. The third-order valence-electron chi connectivity index (χ3n) is 4.72. The Labute approximate surface area is 101 Å². The van der Waals surface area contributed by atoms with Gasteiger partial charge in [0.1, 0.15) is 0 Å². The van der Waals surface area contributed by atoms with E-state index in [1.165, 1.54) is 12.8 Å². The molecule has 0 rings (SSSR count). The lowest BCUT2D eigenvalue weighted by atomic mass is 9.70. The first-order valence-corrected chi connectivity index (χ1v) is 8.17. The third-order valence-corrected chi connectivity index (χ3v) is 7.92. The summed E-state index contributed by atoms with van der Waals surface area (Å²) in [5, 5.41) is 0.609. The Morgan fingerprint density at radius 3 is 1.53 bits per heavy atom. The third kappa shape index (κ3) is 2.72. The molecule has 0 aromatic rings. The summed E-state index contributed by atoms with van der Waals surface area (Å²) >= 11 is 0. The van der Waals surface area contributed by atoms with Crippen molar-refractivity contribution in [1.82, 2.24) is 0 Å². The van der Waals surface area contributed by atoms with Crippen LogP contribution in [-0.2, 0) is 0 Å². The van der Waals surface area contributed by atoms with E-state index in [4.69, 9.17) is 11.5 Å². The molecule has 2 nitrogen and oxygen atoms in total. The van der Waals surface area contributed by atoms with Crippen molar-refractivity contribution in [1.29, 1.82) is 0 Å². The number of hydrogen-bond acceptors (Lipinski definition) is 2. The highest BCUT2D eigenvalue weighted by molar-refractivity contribution is 6.20.